The van der Waals surface area contributed by atoms with Crippen LogP contribution in [0.4, 0.5) is 4.39 Å². The summed E-state index contributed by atoms with van der Waals surface area (Å²) in [6.45, 7) is 5.91. The van der Waals surface area contributed by atoms with Crippen LogP contribution in [0.2, 0.25) is 0 Å². The SMILES string of the molecule is Cc1cc(O)c(F)c(C(C)C)c1C1CC1. The molecule has 0 saturated heterocycles. The monoisotopic (exact) mass is 208 g/mol. The zero-order chi connectivity index (χ0) is 11.2. The van der Waals surface area contributed by atoms with Crippen LogP contribution in [0.25, 0.3) is 0 Å². The Balaban J connectivity index is 2.64. The van der Waals surface area contributed by atoms with Crippen LogP contribution in [-0.2, 0) is 0 Å². The molecule has 0 bridgehead atoms. The maximum absolute atomic E-state index is 13.8. The van der Waals surface area contributed by atoms with Crippen molar-refractivity contribution in [3.63, 3.8) is 0 Å². The summed E-state index contributed by atoms with van der Waals surface area (Å²) in [5, 5.41) is 9.48. The van der Waals surface area contributed by atoms with Gasteiger partial charge in [0.2, 0.25) is 0 Å². The summed E-state index contributed by atoms with van der Waals surface area (Å²) < 4.78 is 13.8. The van der Waals surface area contributed by atoms with Gasteiger partial charge in [-0.15, -0.1) is 0 Å². The van der Waals surface area contributed by atoms with Crippen LogP contribution in [0.15, 0.2) is 6.07 Å². The lowest BCUT2D eigenvalue weighted by molar-refractivity contribution is 0.425. The van der Waals surface area contributed by atoms with Gasteiger partial charge in [0.15, 0.2) is 11.6 Å². The predicted molar refractivity (Wildman–Crippen MR) is 58.9 cm³/mol. The highest BCUT2D eigenvalue weighted by Crippen LogP contribution is 2.46. The molecular weight excluding hydrogens is 191 g/mol. The van der Waals surface area contributed by atoms with E-state index in [1.807, 2.05) is 20.8 Å². The minimum absolute atomic E-state index is 0.131. The third kappa shape index (κ3) is 1.73. The number of aryl methyl sites for hydroxylation is 1. The van der Waals surface area contributed by atoms with Crippen molar-refractivity contribution < 1.29 is 9.50 Å². The van der Waals surface area contributed by atoms with Crippen LogP contribution >= 0.6 is 0 Å². The molecule has 1 aromatic carbocycles. The predicted octanol–water partition coefficient (Wildman–Crippen LogP) is 3.84. The molecule has 1 saturated carbocycles. The molecule has 0 radical (unpaired) electrons. The molecule has 0 aliphatic heterocycles. The maximum atomic E-state index is 13.8. The van der Waals surface area contributed by atoms with Gasteiger partial charge in [-0.2, -0.15) is 0 Å². The van der Waals surface area contributed by atoms with Crippen molar-refractivity contribution in [2.45, 2.75) is 45.4 Å². The topological polar surface area (TPSA) is 20.2 Å². The first-order valence-corrected chi connectivity index (χ1v) is 5.54. The second kappa shape index (κ2) is 3.51. The summed E-state index contributed by atoms with van der Waals surface area (Å²) in [6.07, 6.45) is 2.32. The Kier molecular flexibility index (Phi) is 2.45. The molecule has 0 unspecified atom stereocenters. The van der Waals surface area contributed by atoms with Gasteiger partial charge in [0.1, 0.15) is 0 Å². The van der Waals surface area contributed by atoms with Crippen molar-refractivity contribution in [3.05, 3.63) is 28.6 Å². The summed E-state index contributed by atoms with van der Waals surface area (Å²) in [7, 11) is 0. The molecule has 0 spiro atoms. The smallest absolute Gasteiger partial charge is 0.168 e. The first kappa shape index (κ1) is 10.5. The van der Waals surface area contributed by atoms with Gasteiger partial charge in [0, 0.05) is 0 Å². The van der Waals surface area contributed by atoms with Gasteiger partial charge in [-0.05, 0) is 54.4 Å². The van der Waals surface area contributed by atoms with Crippen molar-refractivity contribution >= 4 is 0 Å². The Morgan fingerprint density at radius 2 is 2.00 bits per heavy atom. The van der Waals surface area contributed by atoms with E-state index in [1.165, 1.54) is 0 Å². The highest BCUT2D eigenvalue weighted by Gasteiger charge is 2.31. The number of phenols is 1. The van der Waals surface area contributed by atoms with E-state index in [4.69, 9.17) is 0 Å². The fourth-order valence-electron chi connectivity index (χ4n) is 2.29. The summed E-state index contributed by atoms with van der Waals surface area (Å²) in [5.41, 5.74) is 2.88. The molecular formula is C13H17FO. The zero-order valence-electron chi connectivity index (χ0n) is 9.47. The second-order valence-electron chi connectivity index (χ2n) is 4.78. The first-order chi connectivity index (χ1) is 7.02. The molecule has 1 aliphatic rings. The molecule has 2 rings (SSSR count). The summed E-state index contributed by atoms with van der Waals surface area (Å²) in [4.78, 5) is 0. The second-order valence-corrected chi connectivity index (χ2v) is 4.78. The molecule has 1 aromatic rings. The van der Waals surface area contributed by atoms with E-state index in [0.29, 0.717) is 5.92 Å². The Hall–Kier alpha value is -1.05. The van der Waals surface area contributed by atoms with Crippen molar-refractivity contribution in [2.24, 2.45) is 0 Å². The summed E-state index contributed by atoms with van der Waals surface area (Å²) >= 11 is 0. The van der Waals surface area contributed by atoms with Gasteiger partial charge in [-0.1, -0.05) is 13.8 Å². The summed E-state index contributed by atoms with van der Waals surface area (Å²) in [5.74, 6) is 0.0296. The minimum Gasteiger partial charge on any atom is -0.505 e. The van der Waals surface area contributed by atoms with Crippen molar-refractivity contribution in [2.75, 3.05) is 0 Å². The molecule has 0 atom stereocenters. The highest BCUT2D eigenvalue weighted by atomic mass is 19.1. The van der Waals surface area contributed by atoms with E-state index in [2.05, 4.69) is 0 Å². The van der Waals surface area contributed by atoms with Crippen molar-refractivity contribution in [3.8, 4) is 5.75 Å². The van der Waals surface area contributed by atoms with Crippen LogP contribution in [0.5, 0.6) is 5.75 Å². The van der Waals surface area contributed by atoms with Crippen LogP contribution in [0.1, 0.15) is 55.2 Å². The Labute approximate surface area is 89.9 Å². The largest absolute Gasteiger partial charge is 0.505 e. The van der Waals surface area contributed by atoms with Gasteiger partial charge in [-0.3, -0.25) is 0 Å². The number of halogens is 1. The average Bonchev–Trinajstić information content (AvgIpc) is 2.93. The van der Waals surface area contributed by atoms with E-state index in [1.54, 1.807) is 6.07 Å². The molecule has 0 aromatic heterocycles. The molecule has 0 heterocycles. The third-order valence-corrected chi connectivity index (χ3v) is 3.09. The molecule has 1 aliphatic carbocycles. The third-order valence-electron chi connectivity index (χ3n) is 3.09. The molecule has 2 heteroatoms. The van der Waals surface area contributed by atoms with Crippen LogP contribution in [0, 0.1) is 12.7 Å². The lowest BCUT2D eigenvalue weighted by Gasteiger charge is -2.17. The Morgan fingerprint density at radius 1 is 1.40 bits per heavy atom. The molecule has 1 nitrogen and oxygen atoms in total. The van der Waals surface area contributed by atoms with E-state index in [-0.39, 0.29) is 11.7 Å². The number of phenolic OH excluding ortho intramolecular Hbond substituents is 1. The number of rotatable bonds is 2. The van der Waals surface area contributed by atoms with Gasteiger partial charge in [-0.25, -0.2) is 4.39 Å². The van der Waals surface area contributed by atoms with E-state index < -0.39 is 5.82 Å². The molecule has 15 heavy (non-hydrogen) atoms. The first-order valence-electron chi connectivity index (χ1n) is 5.54. The van der Waals surface area contributed by atoms with Gasteiger partial charge >= 0.3 is 0 Å². The number of hydrogen-bond donors (Lipinski definition) is 1. The number of hydrogen-bond acceptors (Lipinski definition) is 1. The standard InChI is InChI=1S/C13H17FO/c1-7(2)11-12(9-4-5-9)8(3)6-10(15)13(11)14/h6-7,9,15H,4-5H2,1-3H3. The fourth-order valence-corrected chi connectivity index (χ4v) is 2.29. The molecule has 82 valence electrons. The van der Waals surface area contributed by atoms with Crippen molar-refractivity contribution in [1.29, 1.82) is 0 Å². The fraction of sp³-hybridized carbons (Fsp3) is 0.538. The maximum Gasteiger partial charge on any atom is 0.168 e. The van der Waals surface area contributed by atoms with Crippen LogP contribution in [-0.4, -0.2) is 5.11 Å². The number of benzene rings is 1. The normalized spacial score (nSPS) is 16.1. The molecule has 0 amide bonds. The summed E-state index contributed by atoms with van der Waals surface area (Å²) in [6, 6.07) is 1.55. The lowest BCUT2D eigenvalue weighted by Crippen LogP contribution is -2.02. The van der Waals surface area contributed by atoms with E-state index >= 15 is 0 Å². The van der Waals surface area contributed by atoms with Gasteiger partial charge < -0.3 is 5.11 Å². The van der Waals surface area contributed by atoms with Gasteiger partial charge in [0.25, 0.3) is 0 Å². The molecule has 1 fully saturated rings. The van der Waals surface area contributed by atoms with Crippen LogP contribution in [0.3, 0.4) is 0 Å². The average molecular weight is 208 g/mol. The lowest BCUT2D eigenvalue weighted by atomic mass is 9.90. The Bertz CT molecular complexity index is 392. The molecule has 1 N–H and O–H groups in total. The van der Waals surface area contributed by atoms with E-state index in [9.17, 15) is 9.50 Å². The van der Waals surface area contributed by atoms with Crippen LogP contribution < -0.4 is 0 Å². The van der Waals surface area contributed by atoms with Crippen molar-refractivity contribution in [1.82, 2.24) is 0 Å². The Morgan fingerprint density at radius 3 is 2.47 bits per heavy atom. The van der Waals surface area contributed by atoms with Gasteiger partial charge in [0.05, 0.1) is 0 Å². The highest BCUT2D eigenvalue weighted by molar-refractivity contribution is 5.47. The number of aromatic hydroxyl groups is 1. The minimum atomic E-state index is -0.419. The zero-order valence-corrected chi connectivity index (χ0v) is 9.47. The quantitative estimate of drug-likeness (QED) is 0.782. The van der Waals surface area contributed by atoms with E-state index in [0.717, 1.165) is 29.5 Å².